The van der Waals surface area contributed by atoms with Gasteiger partial charge >= 0.3 is 0 Å². The van der Waals surface area contributed by atoms with Crippen molar-refractivity contribution >= 4 is 44.8 Å². The summed E-state index contributed by atoms with van der Waals surface area (Å²) >= 11 is 7.26. The third-order valence-corrected chi connectivity index (χ3v) is 5.98. The Morgan fingerprint density at radius 1 is 1.22 bits per heavy atom. The van der Waals surface area contributed by atoms with Gasteiger partial charge in [-0.25, -0.2) is 0 Å². The zero-order chi connectivity index (χ0) is 23.1. The van der Waals surface area contributed by atoms with Gasteiger partial charge in [0.1, 0.15) is 17.0 Å². The Hall–Kier alpha value is -2.56. The van der Waals surface area contributed by atoms with Crippen LogP contribution in [0.15, 0.2) is 41.3 Å². The number of benzene rings is 1. The molecule has 0 spiro atoms. The molecule has 2 N–H and O–H groups in total. The largest absolute Gasteiger partial charge is 0.368 e. The van der Waals surface area contributed by atoms with Crippen molar-refractivity contribution in [2.75, 3.05) is 19.8 Å². The number of nitrogens with zero attached hydrogens (tertiary/aromatic N) is 1. The Labute approximate surface area is 194 Å². The molecule has 3 rings (SSSR count). The highest BCUT2D eigenvalue weighted by Crippen LogP contribution is 2.24. The number of hydroxylamine groups is 1. The Kier molecular flexibility index (Phi) is 8.54. The average Bonchev–Trinajstić information content (AvgIpc) is 3.21. The number of rotatable bonds is 11. The number of aryl methyl sites for hydroxylation is 1. The first-order valence-electron chi connectivity index (χ1n) is 9.97. The van der Waals surface area contributed by atoms with Crippen LogP contribution in [0.5, 0.6) is 0 Å². The SMILES string of the molecule is CCONCC(=O)COCc1cc2c(=O)c(C(=O)NCc3ccc(Cl)cc3)cn(C)c2s1. The number of ketones is 1. The Bertz CT molecular complexity index is 1160. The predicted molar refractivity (Wildman–Crippen MR) is 124 cm³/mol. The summed E-state index contributed by atoms with van der Waals surface area (Å²) in [6.45, 7) is 2.75. The minimum Gasteiger partial charge on any atom is -0.368 e. The molecule has 0 unspecified atom stereocenters. The van der Waals surface area contributed by atoms with Crippen molar-refractivity contribution in [2.45, 2.75) is 20.1 Å². The number of hydrogen-bond acceptors (Lipinski definition) is 7. The molecule has 1 amide bonds. The third-order valence-electron chi connectivity index (χ3n) is 4.53. The van der Waals surface area contributed by atoms with Crippen LogP contribution in [0.4, 0.5) is 0 Å². The molecular weight excluding hydrogens is 454 g/mol. The summed E-state index contributed by atoms with van der Waals surface area (Å²) in [5.74, 6) is -0.590. The standard InChI is InChI=1S/C22H24ClN3O5S/c1-3-31-25-10-16(27)12-30-13-17-8-18-20(28)19(11-26(2)22(18)32-17)21(29)24-9-14-4-6-15(23)7-5-14/h4-8,11,25H,3,9-10,12-13H2,1-2H3,(H,24,29). The van der Waals surface area contributed by atoms with E-state index in [9.17, 15) is 14.4 Å². The second kappa shape index (κ2) is 11.3. The first-order valence-corrected chi connectivity index (χ1v) is 11.2. The van der Waals surface area contributed by atoms with Crippen LogP contribution in [0.2, 0.25) is 5.02 Å². The number of amides is 1. The van der Waals surface area contributed by atoms with Gasteiger partial charge in [0, 0.05) is 29.7 Å². The molecule has 1 aromatic carbocycles. The number of hydrogen-bond donors (Lipinski definition) is 2. The Balaban J connectivity index is 1.66. The van der Waals surface area contributed by atoms with Gasteiger partial charge in [-0.3, -0.25) is 14.4 Å². The Morgan fingerprint density at radius 2 is 1.97 bits per heavy atom. The number of pyridine rings is 1. The summed E-state index contributed by atoms with van der Waals surface area (Å²) in [4.78, 5) is 43.7. The molecule has 2 heterocycles. The molecule has 0 fully saturated rings. The lowest BCUT2D eigenvalue weighted by Crippen LogP contribution is -2.29. The normalized spacial score (nSPS) is 11.1. The van der Waals surface area contributed by atoms with Crippen molar-refractivity contribution in [3.8, 4) is 0 Å². The molecular formula is C22H24ClN3O5S. The van der Waals surface area contributed by atoms with Gasteiger partial charge in [-0.2, -0.15) is 5.48 Å². The van der Waals surface area contributed by atoms with Crippen molar-refractivity contribution in [2.24, 2.45) is 7.05 Å². The number of ether oxygens (including phenoxy) is 1. The van der Waals surface area contributed by atoms with Crippen molar-refractivity contribution in [1.82, 2.24) is 15.4 Å². The molecule has 0 radical (unpaired) electrons. The second-order valence-electron chi connectivity index (χ2n) is 7.01. The highest BCUT2D eigenvalue weighted by molar-refractivity contribution is 7.18. The van der Waals surface area contributed by atoms with Gasteiger partial charge in [-0.05, 0) is 30.7 Å². The van der Waals surface area contributed by atoms with Crippen LogP contribution in [0.3, 0.4) is 0 Å². The summed E-state index contributed by atoms with van der Waals surface area (Å²) in [5.41, 5.74) is 3.15. The van der Waals surface area contributed by atoms with E-state index >= 15 is 0 Å². The third kappa shape index (κ3) is 6.24. The van der Waals surface area contributed by atoms with Crippen LogP contribution >= 0.6 is 22.9 Å². The van der Waals surface area contributed by atoms with E-state index in [0.717, 1.165) is 15.3 Å². The zero-order valence-electron chi connectivity index (χ0n) is 17.8. The number of thiophene rings is 1. The molecule has 0 saturated carbocycles. The first-order chi connectivity index (χ1) is 15.4. The van der Waals surface area contributed by atoms with Gasteiger partial charge < -0.3 is 19.5 Å². The Morgan fingerprint density at radius 3 is 2.69 bits per heavy atom. The number of nitrogens with one attached hydrogen (secondary N) is 2. The predicted octanol–water partition coefficient (Wildman–Crippen LogP) is 2.81. The number of aromatic nitrogens is 1. The molecule has 8 nitrogen and oxygen atoms in total. The van der Waals surface area contributed by atoms with Gasteiger partial charge in [0.25, 0.3) is 5.91 Å². The van der Waals surface area contributed by atoms with Gasteiger partial charge in [0.05, 0.1) is 25.1 Å². The minimum atomic E-state index is -0.446. The maximum Gasteiger partial charge on any atom is 0.257 e. The zero-order valence-corrected chi connectivity index (χ0v) is 19.3. The fourth-order valence-corrected chi connectivity index (χ4v) is 4.13. The lowest BCUT2D eigenvalue weighted by Gasteiger charge is -2.07. The number of halogens is 1. The lowest BCUT2D eigenvalue weighted by atomic mass is 10.2. The van der Waals surface area contributed by atoms with Crippen molar-refractivity contribution < 1.29 is 19.2 Å². The molecule has 3 aromatic rings. The molecule has 0 aliphatic heterocycles. The highest BCUT2D eigenvalue weighted by atomic mass is 35.5. The molecule has 2 aromatic heterocycles. The summed E-state index contributed by atoms with van der Waals surface area (Å²) in [7, 11) is 1.78. The summed E-state index contributed by atoms with van der Waals surface area (Å²) in [6, 6.07) is 8.82. The second-order valence-corrected chi connectivity index (χ2v) is 8.56. The van der Waals surface area contributed by atoms with Gasteiger partial charge in [-0.15, -0.1) is 11.3 Å². The van der Waals surface area contributed by atoms with Crippen LogP contribution in [0.25, 0.3) is 10.2 Å². The number of carbonyl (C=O) groups excluding carboxylic acids is 2. The summed E-state index contributed by atoms with van der Waals surface area (Å²) < 4.78 is 7.21. The van der Waals surface area contributed by atoms with Crippen molar-refractivity contribution in [3.05, 3.63) is 67.8 Å². The van der Waals surface area contributed by atoms with E-state index in [1.165, 1.54) is 17.5 Å². The van der Waals surface area contributed by atoms with E-state index in [1.54, 1.807) is 29.8 Å². The van der Waals surface area contributed by atoms with Gasteiger partial charge in [-0.1, -0.05) is 23.7 Å². The quantitative estimate of drug-likeness (QED) is 0.325. The van der Waals surface area contributed by atoms with Crippen molar-refractivity contribution in [1.29, 1.82) is 0 Å². The number of carbonyl (C=O) groups is 2. The van der Waals surface area contributed by atoms with Crippen LogP contribution in [0, 0.1) is 0 Å². The number of fused-ring (bicyclic) bond motifs is 1. The van der Waals surface area contributed by atoms with Crippen molar-refractivity contribution in [3.63, 3.8) is 0 Å². The summed E-state index contributed by atoms with van der Waals surface area (Å²) in [5, 5.41) is 3.83. The monoisotopic (exact) mass is 477 g/mol. The minimum absolute atomic E-state index is 0.0639. The van der Waals surface area contributed by atoms with Crippen LogP contribution in [-0.4, -0.2) is 36.0 Å². The molecule has 0 saturated heterocycles. The van der Waals surface area contributed by atoms with Crippen LogP contribution < -0.4 is 16.2 Å². The maximum absolute atomic E-state index is 12.9. The van der Waals surface area contributed by atoms with Gasteiger partial charge in [0.2, 0.25) is 5.43 Å². The van der Waals surface area contributed by atoms with E-state index in [1.807, 2.05) is 19.1 Å². The fourth-order valence-electron chi connectivity index (χ4n) is 2.97. The van der Waals surface area contributed by atoms with Crippen LogP contribution in [-0.2, 0) is 34.6 Å². The van der Waals surface area contributed by atoms with E-state index in [2.05, 4.69) is 10.8 Å². The molecule has 0 aliphatic rings. The maximum atomic E-state index is 12.9. The van der Waals surface area contributed by atoms with E-state index in [4.69, 9.17) is 21.2 Å². The van der Waals surface area contributed by atoms with E-state index in [-0.39, 0.29) is 43.1 Å². The van der Waals surface area contributed by atoms with Gasteiger partial charge in [0.15, 0.2) is 5.78 Å². The smallest absolute Gasteiger partial charge is 0.257 e. The molecule has 170 valence electrons. The highest BCUT2D eigenvalue weighted by Gasteiger charge is 2.17. The summed E-state index contributed by atoms with van der Waals surface area (Å²) in [6.07, 6.45) is 1.53. The topological polar surface area (TPSA) is 98.7 Å². The van der Waals surface area contributed by atoms with E-state index < -0.39 is 5.91 Å². The first kappa shape index (κ1) is 24.1. The number of Topliss-reactive ketones (excluding diaryl/α,β-unsaturated/α-hetero) is 1. The molecule has 0 aliphatic carbocycles. The fraction of sp³-hybridized carbons (Fsp3) is 0.318. The molecule has 10 heteroatoms. The molecule has 0 bridgehead atoms. The lowest BCUT2D eigenvalue weighted by molar-refractivity contribution is -0.125. The van der Waals surface area contributed by atoms with E-state index in [0.29, 0.717) is 17.0 Å². The van der Waals surface area contributed by atoms with Crippen LogP contribution in [0.1, 0.15) is 27.7 Å². The average molecular weight is 478 g/mol. The molecule has 32 heavy (non-hydrogen) atoms. The molecule has 0 atom stereocenters.